The average molecular weight is 346 g/mol. The summed E-state index contributed by atoms with van der Waals surface area (Å²) in [5, 5.41) is 9.67. The van der Waals surface area contributed by atoms with Gasteiger partial charge in [-0.25, -0.2) is 0 Å². The molecule has 1 aromatic carbocycles. The lowest BCUT2D eigenvalue weighted by atomic mass is 9.87. The highest BCUT2D eigenvalue weighted by molar-refractivity contribution is 5.91. The highest BCUT2D eigenvalue weighted by Gasteiger charge is 2.53. The van der Waals surface area contributed by atoms with Crippen molar-refractivity contribution in [2.45, 2.75) is 24.7 Å². The molecule has 1 N–H and O–H groups in total. The van der Waals surface area contributed by atoms with Gasteiger partial charge in [0.1, 0.15) is 5.75 Å². The minimum atomic E-state index is -0.355. The minimum Gasteiger partial charge on any atom is -0.497 e. The number of piperidine rings is 1. The molecule has 138 valence electrons. The number of amides is 1. The fourth-order valence-electron chi connectivity index (χ4n) is 4.23. The minimum absolute atomic E-state index is 0.156. The van der Waals surface area contributed by atoms with Gasteiger partial charge < -0.3 is 19.6 Å². The Morgan fingerprint density at radius 2 is 1.88 bits per heavy atom. The van der Waals surface area contributed by atoms with Crippen LogP contribution in [0.4, 0.5) is 0 Å². The summed E-state index contributed by atoms with van der Waals surface area (Å²) < 4.78 is 5.23. The summed E-state index contributed by atoms with van der Waals surface area (Å²) in [5.74, 6) is 1.67. The zero-order valence-electron chi connectivity index (χ0n) is 15.6. The van der Waals surface area contributed by atoms with Crippen LogP contribution in [0.1, 0.15) is 24.8 Å². The standard InChI is InChI=1S/C20H30N2O3/c1-21(2)11-15-10-16(14-23)13-22(12-15)19(24)20(8-9-20)17-4-6-18(25-3)7-5-17/h4-7,15-16,23H,8-14H2,1-3H3/t15-,16+/m0/s1. The summed E-state index contributed by atoms with van der Waals surface area (Å²) in [5.41, 5.74) is 0.736. The van der Waals surface area contributed by atoms with Crippen LogP contribution in [0.2, 0.25) is 0 Å². The van der Waals surface area contributed by atoms with Crippen LogP contribution in [0.3, 0.4) is 0 Å². The van der Waals surface area contributed by atoms with Crippen LogP contribution in [0.25, 0.3) is 0 Å². The number of ether oxygens (including phenoxy) is 1. The molecule has 5 heteroatoms. The summed E-state index contributed by atoms with van der Waals surface area (Å²) in [6, 6.07) is 7.91. The highest BCUT2D eigenvalue weighted by Crippen LogP contribution is 2.50. The van der Waals surface area contributed by atoms with Crippen LogP contribution in [-0.2, 0) is 10.2 Å². The average Bonchev–Trinajstić information content (AvgIpc) is 3.42. The van der Waals surface area contributed by atoms with Gasteiger partial charge in [0.2, 0.25) is 5.91 Å². The molecule has 1 saturated heterocycles. The van der Waals surface area contributed by atoms with Gasteiger partial charge in [0.05, 0.1) is 12.5 Å². The van der Waals surface area contributed by atoms with E-state index in [9.17, 15) is 9.90 Å². The Morgan fingerprint density at radius 3 is 2.40 bits per heavy atom. The van der Waals surface area contributed by atoms with Crippen LogP contribution in [0.5, 0.6) is 5.75 Å². The highest BCUT2D eigenvalue weighted by atomic mass is 16.5. The lowest BCUT2D eigenvalue weighted by Crippen LogP contribution is -2.50. The van der Waals surface area contributed by atoms with Crippen LogP contribution >= 0.6 is 0 Å². The van der Waals surface area contributed by atoms with Crippen molar-refractivity contribution in [3.8, 4) is 5.75 Å². The Morgan fingerprint density at radius 1 is 1.24 bits per heavy atom. The molecular weight excluding hydrogens is 316 g/mol. The maximum atomic E-state index is 13.3. The lowest BCUT2D eigenvalue weighted by Gasteiger charge is -2.40. The molecule has 5 nitrogen and oxygen atoms in total. The van der Waals surface area contributed by atoms with E-state index < -0.39 is 0 Å². The SMILES string of the molecule is COc1ccc(C2(C(=O)N3C[C@H](CO)C[C@@H](CN(C)C)C3)CC2)cc1. The molecule has 0 spiro atoms. The maximum Gasteiger partial charge on any atom is 0.233 e. The van der Waals surface area contributed by atoms with E-state index in [1.807, 2.05) is 29.2 Å². The van der Waals surface area contributed by atoms with E-state index in [1.165, 1.54) is 0 Å². The topological polar surface area (TPSA) is 53.0 Å². The first-order valence-electron chi connectivity index (χ1n) is 9.18. The lowest BCUT2D eigenvalue weighted by molar-refractivity contribution is -0.137. The molecule has 1 heterocycles. The van der Waals surface area contributed by atoms with Crippen molar-refractivity contribution >= 4 is 5.91 Å². The van der Waals surface area contributed by atoms with E-state index in [4.69, 9.17) is 4.74 Å². The quantitative estimate of drug-likeness (QED) is 0.853. The van der Waals surface area contributed by atoms with Gasteiger partial charge in [-0.1, -0.05) is 12.1 Å². The molecule has 0 radical (unpaired) electrons. The van der Waals surface area contributed by atoms with Gasteiger partial charge in [-0.3, -0.25) is 4.79 Å². The first-order valence-corrected chi connectivity index (χ1v) is 9.18. The second kappa shape index (κ2) is 7.34. The Balaban J connectivity index is 1.75. The molecule has 2 fully saturated rings. The fraction of sp³-hybridized carbons (Fsp3) is 0.650. The van der Waals surface area contributed by atoms with Crippen LogP contribution < -0.4 is 4.74 Å². The van der Waals surface area contributed by atoms with E-state index in [1.54, 1.807) is 7.11 Å². The Labute approximate surface area is 150 Å². The third-order valence-electron chi connectivity index (χ3n) is 5.59. The van der Waals surface area contributed by atoms with E-state index >= 15 is 0 Å². The molecular formula is C20H30N2O3. The number of hydrogen-bond donors (Lipinski definition) is 1. The van der Waals surface area contributed by atoms with E-state index in [-0.39, 0.29) is 23.8 Å². The number of carbonyl (C=O) groups is 1. The number of aliphatic hydroxyl groups excluding tert-OH is 1. The molecule has 1 aliphatic heterocycles. The molecule has 1 aliphatic carbocycles. The normalized spacial score (nSPS) is 25.1. The molecule has 1 aromatic rings. The number of rotatable bonds is 6. The van der Waals surface area contributed by atoms with E-state index in [0.29, 0.717) is 12.5 Å². The van der Waals surface area contributed by atoms with Gasteiger partial charge in [-0.2, -0.15) is 0 Å². The monoisotopic (exact) mass is 346 g/mol. The zero-order valence-corrected chi connectivity index (χ0v) is 15.6. The maximum absolute atomic E-state index is 13.3. The molecule has 0 bridgehead atoms. The largest absolute Gasteiger partial charge is 0.497 e. The van der Waals surface area contributed by atoms with Crippen LogP contribution in [0.15, 0.2) is 24.3 Å². The number of carbonyl (C=O) groups excluding carboxylic acids is 1. The number of aliphatic hydroxyl groups is 1. The smallest absolute Gasteiger partial charge is 0.233 e. The van der Waals surface area contributed by atoms with Gasteiger partial charge >= 0.3 is 0 Å². The number of benzene rings is 1. The fourth-order valence-corrected chi connectivity index (χ4v) is 4.23. The summed E-state index contributed by atoms with van der Waals surface area (Å²) >= 11 is 0. The van der Waals surface area contributed by atoms with Crippen molar-refractivity contribution in [2.75, 3.05) is 47.4 Å². The Bertz CT molecular complexity index is 595. The number of likely N-dealkylation sites (tertiary alicyclic amines) is 1. The van der Waals surface area contributed by atoms with Crippen molar-refractivity contribution in [1.29, 1.82) is 0 Å². The summed E-state index contributed by atoms with van der Waals surface area (Å²) in [6.07, 6.45) is 2.82. The van der Waals surface area contributed by atoms with E-state index in [0.717, 1.165) is 43.7 Å². The predicted octanol–water partition coefficient (Wildman–Crippen LogP) is 1.75. The number of hydrogen-bond acceptors (Lipinski definition) is 4. The summed E-state index contributed by atoms with van der Waals surface area (Å²) in [6.45, 7) is 2.58. The molecule has 3 rings (SSSR count). The van der Waals surface area contributed by atoms with Gasteiger partial charge in [0.15, 0.2) is 0 Å². The molecule has 2 atom stereocenters. The third kappa shape index (κ3) is 3.82. The molecule has 1 amide bonds. The van der Waals surface area contributed by atoms with Crippen LogP contribution in [-0.4, -0.2) is 68.3 Å². The third-order valence-corrected chi connectivity index (χ3v) is 5.59. The van der Waals surface area contributed by atoms with Gasteiger partial charge in [-0.05, 0) is 62.9 Å². The number of methoxy groups -OCH3 is 1. The predicted molar refractivity (Wildman–Crippen MR) is 97.7 cm³/mol. The molecule has 0 unspecified atom stereocenters. The number of nitrogens with zero attached hydrogens (tertiary/aromatic N) is 2. The zero-order chi connectivity index (χ0) is 18.0. The first kappa shape index (κ1) is 18.2. The second-order valence-corrected chi connectivity index (χ2v) is 7.93. The Hall–Kier alpha value is -1.59. The molecule has 2 aliphatic rings. The summed E-state index contributed by atoms with van der Waals surface area (Å²) in [4.78, 5) is 17.5. The van der Waals surface area contributed by atoms with Crippen molar-refractivity contribution in [2.24, 2.45) is 11.8 Å². The van der Waals surface area contributed by atoms with Gasteiger partial charge in [-0.15, -0.1) is 0 Å². The molecule has 0 aromatic heterocycles. The Kier molecular flexibility index (Phi) is 5.35. The second-order valence-electron chi connectivity index (χ2n) is 7.93. The molecule has 25 heavy (non-hydrogen) atoms. The van der Waals surface area contributed by atoms with Crippen LogP contribution in [0, 0.1) is 11.8 Å². The van der Waals surface area contributed by atoms with Gasteiger partial charge in [0.25, 0.3) is 0 Å². The van der Waals surface area contributed by atoms with E-state index in [2.05, 4.69) is 19.0 Å². The van der Waals surface area contributed by atoms with Crippen molar-refractivity contribution in [3.05, 3.63) is 29.8 Å². The van der Waals surface area contributed by atoms with Gasteiger partial charge in [0, 0.05) is 26.2 Å². The first-order chi connectivity index (χ1) is 12.0. The van der Waals surface area contributed by atoms with Crippen molar-refractivity contribution in [3.63, 3.8) is 0 Å². The van der Waals surface area contributed by atoms with Crippen molar-refractivity contribution < 1.29 is 14.6 Å². The summed E-state index contributed by atoms with van der Waals surface area (Å²) in [7, 11) is 5.78. The van der Waals surface area contributed by atoms with Crippen molar-refractivity contribution in [1.82, 2.24) is 9.80 Å². The molecule has 1 saturated carbocycles.